The van der Waals surface area contributed by atoms with Crippen LogP contribution in [0, 0.1) is 0 Å². The number of rotatable bonds is 3. The van der Waals surface area contributed by atoms with Crippen LogP contribution in [-0.2, 0) is 4.79 Å². The topological polar surface area (TPSA) is 64.0 Å². The van der Waals surface area contributed by atoms with Crippen molar-refractivity contribution in [1.82, 2.24) is 9.55 Å². The van der Waals surface area contributed by atoms with Gasteiger partial charge in [-0.1, -0.05) is 39.4 Å². The lowest BCUT2D eigenvalue weighted by molar-refractivity contribution is -0.119. The standard InChI is InChI=1S/C18H14BrN3O2S/c19-12-5-3-11(4-6-12)16-10-20-18(25-16)21-17(24)14-7-8-15(23)13-2-1-9-22(13)14/h1-6,9-10,14H,7-8H2,(H,20,21,24). The van der Waals surface area contributed by atoms with Crippen LogP contribution in [0.3, 0.4) is 0 Å². The molecule has 4 rings (SSSR count). The smallest absolute Gasteiger partial charge is 0.249 e. The van der Waals surface area contributed by atoms with Gasteiger partial charge in [-0.05, 0) is 36.2 Å². The van der Waals surface area contributed by atoms with Gasteiger partial charge in [0.1, 0.15) is 6.04 Å². The summed E-state index contributed by atoms with van der Waals surface area (Å²) >= 11 is 4.85. The van der Waals surface area contributed by atoms with Crippen LogP contribution in [0.15, 0.2) is 53.3 Å². The van der Waals surface area contributed by atoms with E-state index in [0.29, 0.717) is 23.7 Å². The van der Waals surface area contributed by atoms with Crippen LogP contribution in [0.1, 0.15) is 29.4 Å². The highest BCUT2D eigenvalue weighted by Crippen LogP contribution is 2.31. The molecule has 1 unspecified atom stereocenters. The molecular weight excluding hydrogens is 402 g/mol. The molecule has 1 aliphatic heterocycles. The maximum absolute atomic E-state index is 12.6. The molecule has 1 atom stereocenters. The average molecular weight is 416 g/mol. The van der Waals surface area contributed by atoms with Crippen molar-refractivity contribution in [1.29, 1.82) is 0 Å². The Labute approximate surface area is 156 Å². The number of thiazole rings is 1. The van der Waals surface area contributed by atoms with E-state index < -0.39 is 0 Å². The molecule has 0 bridgehead atoms. The summed E-state index contributed by atoms with van der Waals surface area (Å²) in [5.41, 5.74) is 1.65. The van der Waals surface area contributed by atoms with E-state index in [0.717, 1.165) is 14.9 Å². The quantitative estimate of drug-likeness (QED) is 0.683. The van der Waals surface area contributed by atoms with E-state index in [9.17, 15) is 9.59 Å². The predicted octanol–water partition coefficient (Wildman–Crippen LogP) is 4.53. The molecule has 1 amide bonds. The number of carbonyl (C=O) groups excluding carboxylic acids is 2. The highest BCUT2D eigenvalue weighted by molar-refractivity contribution is 9.10. The predicted molar refractivity (Wildman–Crippen MR) is 101 cm³/mol. The van der Waals surface area contributed by atoms with Crippen molar-refractivity contribution in [2.24, 2.45) is 0 Å². The summed E-state index contributed by atoms with van der Waals surface area (Å²) < 4.78 is 2.77. The summed E-state index contributed by atoms with van der Waals surface area (Å²) in [7, 11) is 0. The zero-order valence-corrected chi connectivity index (χ0v) is 15.5. The zero-order chi connectivity index (χ0) is 17.4. The zero-order valence-electron chi connectivity index (χ0n) is 13.1. The van der Waals surface area contributed by atoms with E-state index in [4.69, 9.17) is 0 Å². The third-order valence-electron chi connectivity index (χ3n) is 4.21. The number of halogens is 1. The number of carbonyl (C=O) groups is 2. The summed E-state index contributed by atoms with van der Waals surface area (Å²) in [4.78, 5) is 29.8. The lowest BCUT2D eigenvalue weighted by atomic mass is 10.0. The van der Waals surface area contributed by atoms with E-state index in [1.165, 1.54) is 11.3 Å². The van der Waals surface area contributed by atoms with Gasteiger partial charge >= 0.3 is 0 Å². The van der Waals surface area contributed by atoms with E-state index in [2.05, 4.69) is 26.2 Å². The molecule has 3 heterocycles. The van der Waals surface area contributed by atoms with Gasteiger partial charge in [0.15, 0.2) is 10.9 Å². The Morgan fingerprint density at radius 1 is 1.28 bits per heavy atom. The maximum Gasteiger partial charge on any atom is 0.249 e. The largest absolute Gasteiger partial charge is 0.333 e. The molecule has 3 aromatic rings. The maximum atomic E-state index is 12.6. The number of ketones is 1. The van der Waals surface area contributed by atoms with E-state index in [1.807, 2.05) is 24.3 Å². The minimum Gasteiger partial charge on any atom is -0.333 e. The molecule has 1 aromatic carbocycles. The van der Waals surface area contributed by atoms with E-state index in [1.54, 1.807) is 29.1 Å². The van der Waals surface area contributed by atoms with Crippen molar-refractivity contribution in [2.45, 2.75) is 18.9 Å². The van der Waals surface area contributed by atoms with Gasteiger partial charge in [-0.3, -0.25) is 9.59 Å². The number of amides is 1. The average Bonchev–Trinajstić information content (AvgIpc) is 3.26. The minimum absolute atomic E-state index is 0.0841. The molecule has 0 fully saturated rings. The first-order chi connectivity index (χ1) is 12.1. The van der Waals surface area contributed by atoms with Crippen molar-refractivity contribution in [3.8, 4) is 10.4 Å². The van der Waals surface area contributed by atoms with Crippen LogP contribution in [0.25, 0.3) is 10.4 Å². The first-order valence-electron chi connectivity index (χ1n) is 7.84. The summed E-state index contributed by atoms with van der Waals surface area (Å²) in [6, 6.07) is 11.1. The first-order valence-corrected chi connectivity index (χ1v) is 9.45. The molecule has 0 aliphatic carbocycles. The molecule has 0 saturated carbocycles. The van der Waals surface area contributed by atoms with Crippen LogP contribution >= 0.6 is 27.3 Å². The summed E-state index contributed by atoms with van der Waals surface area (Å²) in [6.45, 7) is 0. The Bertz CT molecular complexity index is 945. The van der Waals surface area contributed by atoms with Gasteiger partial charge in [-0.15, -0.1) is 0 Å². The molecule has 0 radical (unpaired) electrons. The molecule has 1 N–H and O–H groups in total. The van der Waals surface area contributed by atoms with Gasteiger partial charge in [-0.2, -0.15) is 0 Å². The Hall–Kier alpha value is -2.25. The molecule has 25 heavy (non-hydrogen) atoms. The van der Waals surface area contributed by atoms with Crippen LogP contribution in [-0.4, -0.2) is 21.2 Å². The van der Waals surface area contributed by atoms with E-state index in [-0.39, 0.29) is 17.7 Å². The number of nitrogens with one attached hydrogen (secondary N) is 1. The molecule has 7 heteroatoms. The van der Waals surface area contributed by atoms with Crippen molar-refractivity contribution in [2.75, 3.05) is 5.32 Å². The van der Waals surface area contributed by atoms with Gasteiger partial charge in [0.2, 0.25) is 5.91 Å². The Kier molecular flexibility index (Phi) is 4.27. The number of aromatic nitrogens is 2. The van der Waals surface area contributed by atoms with Crippen LogP contribution in [0.5, 0.6) is 0 Å². The number of hydrogen-bond donors (Lipinski definition) is 1. The Morgan fingerprint density at radius 2 is 2.08 bits per heavy atom. The molecule has 126 valence electrons. The van der Waals surface area contributed by atoms with Gasteiger partial charge in [0, 0.05) is 23.3 Å². The molecule has 1 aliphatic rings. The van der Waals surface area contributed by atoms with Gasteiger partial charge in [0.05, 0.1) is 10.6 Å². The van der Waals surface area contributed by atoms with Crippen LogP contribution in [0.4, 0.5) is 5.13 Å². The van der Waals surface area contributed by atoms with Crippen molar-refractivity contribution in [3.63, 3.8) is 0 Å². The van der Waals surface area contributed by atoms with Crippen molar-refractivity contribution < 1.29 is 9.59 Å². The van der Waals surface area contributed by atoms with Gasteiger partial charge < -0.3 is 9.88 Å². The molecule has 0 saturated heterocycles. The fourth-order valence-electron chi connectivity index (χ4n) is 2.96. The number of benzene rings is 1. The van der Waals surface area contributed by atoms with Crippen molar-refractivity contribution in [3.05, 3.63) is 59.0 Å². The minimum atomic E-state index is -0.372. The lowest BCUT2D eigenvalue weighted by Gasteiger charge is -2.24. The number of hydrogen-bond acceptors (Lipinski definition) is 4. The third kappa shape index (κ3) is 3.17. The number of fused-ring (bicyclic) bond motifs is 1. The van der Waals surface area contributed by atoms with Gasteiger partial charge in [0.25, 0.3) is 0 Å². The van der Waals surface area contributed by atoms with Crippen molar-refractivity contribution >= 4 is 44.1 Å². The fourth-order valence-corrected chi connectivity index (χ4v) is 4.05. The second-order valence-corrected chi connectivity index (χ2v) is 7.75. The monoisotopic (exact) mass is 415 g/mol. The fraction of sp³-hybridized carbons (Fsp3) is 0.167. The highest BCUT2D eigenvalue weighted by atomic mass is 79.9. The first kappa shape index (κ1) is 16.2. The lowest BCUT2D eigenvalue weighted by Crippen LogP contribution is -2.31. The normalized spacial score (nSPS) is 16.5. The molecule has 0 spiro atoms. The second-order valence-electron chi connectivity index (χ2n) is 5.80. The number of anilines is 1. The molecule has 2 aromatic heterocycles. The molecular formula is C18H14BrN3O2S. The van der Waals surface area contributed by atoms with Crippen LogP contribution < -0.4 is 5.32 Å². The Morgan fingerprint density at radius 3 is 2.88 bits per heavy atom. The Balaban J connectivity index is 1.52. The summed E-state index contributed by atoms with van der Waals surface area (Å²) in [6.07, 6.45) is 4.45. The molecule has 5 nitrogen and oxygen atoms in total. The van der Waals surface area contributed by atoms with Crippen LogP contribution in [0.2, 0.25) is 0 Å². The summed E-state index contributed by atoms with van der Waals surface area (Å²) in [5.74, 6) is -0.0533. The summed E-state index contributed by atoms with van der Waals surface area (Å²) in [5, 5.41) is 3.45. The number of Topliss-reactive ketones (excluding diaryl/α,β-unsaturated/α-hetero) is 1. The highest BCUT2D eigenvalue weighted by Gasteiger charge is 2.29. The van der Waals surface area contributed by atoms with Gasteiger partial charge in [-0.25, -0.2) is 4.98 Å². The second kappa shape index (κ2) is 6.57. The van der Waals surface area contributed by atoms with E-state index >= 15 is 0 Å². The number of nitrogens with zero attached hydrogens (tertiary/aromatic N) is 2. The SMILES string of the molecule is O=C1CCC(C(=O)Nc2ncc(-c3ccc(Br)cc3)s2)n2cccc21. The third-order valence-corrected chi connectivity index (χ3v) is 5.70.